The molecule has 0 aliphatic rings. The van der Waals surface area contributed by atoms with Gasteiger partial charge < -0.3 is 10.2 Å². The predicted octanol–water partition coefficient (Wildman–Crippen LogP) is 5.74. The number of nitrogens with zero attached hydrogens (tertiary/aromatic N) is 1. The first-order chi connectivity index (χ1) is 13.9. The highest BCUT2D eigenvalue weighted by molar-refractivity contribution is 6.30. The van der Waals surface area contributed by atoms with Gasteiger partial charge in [0.15, 0.2) is 0 Å². The third-order valence-electron chi connectivity index (χ3n) is 4.95. The van der Waals surface area contributed by atoms with Crippen molar-refractivity contribution in [1.82, 2.24) is 10.2 Å². The summed E-state index contributed by atoms with van der Waals surface area (Å²) in [4.78, 5) is 15.2. The van der Waals surface area contributed by atoms with Gasteiger partial charge in [0, 0.05) is 10.6 Å². The lowest BCUT2D eigenvalue weighted by molar-refractivity contribution is 0.0933. The zero-order valence-electron chi connectivity index (χ0n) is 17.2. The molecule has 0 heterocycles. The Kier molecular flexibility index (Phi) is 7.08. The summed E-state index contributed by atoms with van der Waals surface area (Å²) >= 11 is 5.99. The lowest BCUT2D eigenvalue weighted by Gasteiger charge is -2.22. The first kappa shape index (κ1) is 21.1. The number of amides is 1. The number of aryl methyl sites for hydroxylation is 1. The Morgan fingerprint density at radius 3 is 2.31 bits per heavy atom. The van der Waals surface area contributed by atoms with Crippen LogP contribution in [-0.2, 0) is 0 Å². The highest BCUT2D eigenvalue weighted by atomic mass is 35.5. The quantitative estimate of drug-likeness (QED) is 0.542. The fourth-order valence-electron chi connectivity index (χ4n) is 3.23. The van der Waals surface area contributed by atoms with E-state index in [1.54, 1.807) is 0 Å². The number of nitrogens with one attached hydrogen (secondary N) is 1. The van der Waals surface area contributed by atoms with E-state index in [9.17, 15) is 4.79 Å². The fraction of sp³-hybridized carbons (Fsp3) is 0.240. The van der Waals surface area contributed by atoms with Gasteiger partial charge >= 0.3 is 0 Å². The van der Waals surface area contributed by atoms with Crippen LogP contribution in [0.1, 0.15) is 33.9 Å². The minimum atomic E-state index is -0.0647. The number of benzene rings is 3. The molecule has 3 aromatic carbocycles. The van der Waals surface area contributed by atoms with Crippen molar-refractivity contribution < 1.29 is 4.79 Å². The minimum Gasteiger partial charge on any atom is -0.345 e. The second kappa shape index (κ2) is 9.73. The molecule has 0 unspecified atom stereocenters. The first-order valence-corrected chi connectivity index (χ1v) is 10.2. The summed E-state index contributed by atoms with van der Waals surface area (Å²) in [6.45, 7) is 2.96. The average Bonchev–Trinajstić information content (AvgIpc) is 2.72. The van der Waals surface area contributed by atoms with E-state index in [-0.39, 0.29) is 11.9 Å². The van der Waals surface area contributed by atoms with Gasteiger partial charge in [-0.25, -0.2) is 0 Å². The maximum absolute atomic E-state index is 13.0. The van der Waals surface area contributed by atoms with Crippen molar-refractivity contribution in [2.45, 2.75) is 19.4 Å². The highest BCUT2D eigenvalue weighted by Gasteiger charge is 2.16. The Morgan fingerprint density at radius 1 is 0.966 bits per heavy atom. The van der Waals surface area contributed by atoms with E-state index in [1.165, 1.54) is 5.56 Å². The van der Waals surface area contributed by atoms with Crippen LogP contribution in [0.3, 0.4) is 0 Å². The summed E-state index contributed by atoms with van der Waals surface area (Å²) in [5.41, 5.74) is 5.02. The number of hydrogen-bond donors (Lipinski definition) is 1. The zero-order chi connectivity index (χ0) is 20.8. The summed E-state index contributed by atoms with van der Waals surface area (Å²) < 4.78 is 0. The van der Waals surface area contributed by atoms with Crippen LogP contribution in [0.5, 0.6) is 0 Å². The molecule has 0 saturated heterocycles. The summed E-state index contributed by atoms with van der Waals surface area (Å²) in [5, 5.41) is 3.92. The van der Waals surface area contributed by atoms with Crippen molar-refractivity contribution in [3.05, 3.63) is 94.5 Å². The van der Waals surface area contributed by atoms with E-state index < -0.39 is 0 Å². The fourth-order valence-corrected chi connectivity index (χ4v) is 3.36. The van der Waals surface area contributed by atoms with Crippen molar-refractivity contribution >= 4 is 17.5 Å². The van der Waals surface area contributed by atoms with E-state index in [0.717, 1.165) is 29.7 Å². The molecule has 0 saturated carbocycles. The number of hydrogen-bond acceptors (Lipinski definition) is 2. The van der Waals surface area contributed by atoms with Gasteiger partial charge in [0.05, 0.1) is 6.04 Å². The number of carbonyl (C=O) groups is 1. The molecule has 3 rings (SSSR count). The molecular formula is C25H27ClN2O. The number of rotatable bonds is 7. The second-order valence-electron chi connectivity index (χ2n) is 7.62. The van der Waals surface area contributed by atoms with Gasteiger partial charge in [-0.05, 0) is 74.9 Å². The monoisotopic (exact) mass is 406 g/mol. The average molecular weight is 407 g/mol. The van der Waals surface area contributed by atoms with Crippen molar-refractivity contribution in [3.63, 3.8) is 0 Å². The summed E-state index contributed by atoms with van der Waals surface area (Å²) in [6.07, 6.45) is 0.846. The molecule has 0 spiro atoms. The van der Waals surface area contributed by atoms with E-state index >= 15 is 0 Å². The topological polar surface area (TPSA) is 32.3 Å². The van der Waals surface area contributed by atoms with Gasteiger partial charge in [0.2, 0.25) is 0 Å². The lowest BCUT2D eigenvalue weighted by atomic mass is 10.00. The van der Waals surface area contributed by atoms with Crippen LogP contribution in [0.15, 0.2) is 72.8 Å². The highest BCUT2D eigenvalue weighted by Crippen LogP contribution is 2.23. The molecule has 0 aliphatic carbocycles. The normalized spacial score (nSPS) is 12.0. The SMILES string of the molecule is Cc1ccc([C@H](CCN(C)C)NC(=O)c2cccc(-c3ccc(Cl)cc3)c2)cc1. The van der Waals surface area contributed by atoms with E-state index in [0.29, 0.717) is 10.6 Å². The van der Waals surface area contributed by atoms with Crippen molar-refractivity contribution in [3.8, 4) is 11.1 Å². The third kappa shape index (κ3) is 5.93. The van der Waals surface area contributed by atoms with Crippen LogP contribution >= 0.6 is 11.6 Å². The van der Waals surface area contributed by atoms with Gasteiger partial charge in [0.25, 0.3) is 5.91 Å². The molecule has 0 aliphatic heterocycles. The lowest BCUT2D eigenvalue weighted by Crippen LogP contribution is -2.31. The van der Waals surface area contributed by atoms with E-state index in [2.05, 4.69) is 41.4 Å². The molecule has 0 fully saturated rings. The van der Waals surface area contributed by atoms with Crippen molar-refractivity contribution in [1.29, 1.82) is 0 Å². The molecule has 1 atom stereocenters. The van der Waals surface area contributed by atoms with Crippen LogP contribution in [0.4, 0.5) is 0 Å². The van der Waals surface area contributed by atoms with Crippen LogP contribution in [0.2, 0.25) is 5.02 Å². The van der Waals surface area contributed by atoms with E-state index in [1.807, 2.05) is 62.6 Å². The molecule has 1 N–H and O–H groups in total. The Hall–Kier alpha value is -2.62. The Morgan fingerprint density at radius 2 is 1.66 bits per heavy atom. The predicted molar refractivity (Wildman–Crippen MR) is 121 cm³/mol. The third-order valence-corrected chi connectivity index (χ3v) is 5.20. The Balaban J connectivity index is 1.80. The number of carbonyl (C=O) groups excluding carboxylic acids is 1. The van der Waals surface area contributed by atoms with Gasteiger partial charge in [-0.15, -0.1) is 0 Å². The van der Waals surface area contributed by atoms with Crippen molar-refractivity contribution in [2.24, 2.45) is 0 Å². The first-order valence-electron chi connectivity index (χ1n) is 9.80. The molecule has 4 heteroatoms. The molecule has 3 nitrogen and oxygen atoms in total. The Labute approximate surface area is 178 Å². The van der Waals surface area contributed by atoms with Gasteiger partial charge in [-0.1, -0.05) is 65.7 Å². The zero-order valence-corrected chi connectivity index (χ0v) is 17.9. The molecular weight excluding hydrogens is 380 g/mol. The smallest absolute Gasteiger partial charge is 0.251 e. The summed E-state index contributed by atoms with van der Waals surface area (Å²) in [5.74, 6) is -0.0647. The van der Waals surface area contributed by atoms with Crippen LogP contribution in [-0.4, -0.2) is 31.4 Å². The molecule has 0 bridgehead atoms. The molecule has 0 aromatic heterocycles. The summed E-state index contributed by atoms with van der Waals surface area (Å²) in [7, 11) is 4.09. The van der Waals surface area contributed by atoms with Crippen LogP contribution in [0.25, 0.3) is 11.1 Å². The van der Waals surface area contributed by atoms with E-state index in [4.69, 9.17) is 11.6 Å². The van der Waals surface area contributed by atoms with Gasteiger partial charge in [-0.2, -0.15) is 0 Å². The van der Waals surface area contributed by atoms with Gasteiger partial charge in [-0.3, -0.25) is 4.79 Å². The van der Waals surface area contributed by atoms with Crippen LogP contribution < -0.4 is 5.32 Å². The molecule has 150 valence electrons. The second-order valence-corrected chi connectivity index (χ2v) is 8.05. The standard InChI is InChI=1S/C25H27ClN2O/c1-18-7-9-20(10-8-18)24(15-16-28(2)3)27-25(29)22-6-4-5-21(17-22)19-11-13-23(26)14-12-19/h4-14,17,24H,15-16H2,1-3H3,(H,27,29)/t24-/m0/s1. The molecule has 29 heavy (non-hydrogen) atoms. The maximum atomic E-state index is 13.0. The van der Waals surface area contributed by atoms with Crippen LogP contribution in [0, 0.1) is 6.92 Å². The molecule has 3 aromatic rings. The molecule has 0 radical (unpaired) electrons. The van der Waals surface area contributed by atoms with Crippen molar-refractivity contribution in [2.75, 3.05) is 20.6 Å². The molecule has 1 amide bonds. The Bertz CT molecular complexity index is 949. The minimum absolute atomic E-state index is 0.0373. The van der Waals surface area contributed by atoms with Gasteiger partial charge in [0.1, 0.15) is 0 Å². The number of halogens is 1. The summed E-state index contributed by atoms with van der Waals surface area (Å²) in [6, 6.07) is 23.7. The maximum Gasteiger partial charge on any atom is 0.251 e. The largest absolute Gasteiger partial charge is 0.345 e.